The Morgan fingerprint density at radius 1 is 1.14 bits per heavy atom. The van der Waals surface area contributed by atoms with E-state index in [9.17, 15) is 18.0 Å². The number of hydrogen-bond donors (Lipinski definition) is 0. The van der Waals surface area contributed by atoms with Crippen LogP contribution in [0.4, 0.5) is 0 Å². The summed E-state index contributed by atoms with van der Waals surface area (Å²) in [7, 11) is -0.758. The van der Waals surface area contributed by atoms with E-state index in [4.69, 9.17) is 9.47 Å². The molecule has 2 aliphatic heterocycles. The summed E-state index contributed by atoms with van der Waals surface area (Å²) in [5.74, 6) is -0.499. The van der Waals surface area contributed by atoms with Gasteiger partial charge in [-0.2, -0.15) is 4.31 Å². The molecule has 8 nitrogen and oxygen atoms in total. The van der Waals surface area contributed by atoms with Gasteiger partial charge in [-0.25, -0.2) is 13.2 Å². The number of nitrogens with zero attached hydrogens (tertiary/aromatic N) is 2. The molecule has 2 unspecified atom stereocenters. The zero-order valence-electron chi connectivity index (χ0n) is 19.9. The summed E-state index contributed by atoms with van der Waals surface area (Å²) in [4.78, 5) is 27.0. The third kappa shape index (κ3) is 3.41. The van der Waals surface area contributed by atoms with Crippen LogP contribution in [-0.2, 0) is 26.6 Å². The lowest BCUT2D eigenvalue weighted by Gasteiger charge is -2.43. The SMILES string of the molecule is CCOC(=O)C1=CCC2c3c(c4ccc(OC)cc4n3C)C(=O)C1N2S(=O)(=O)c1ccc(C)cc1. The molecule has 0 aliphatic carbocycles. The Balaban J connectivity index is 1.77. The van der Waals surface area contributed by atoms with E-state index in [1.54, 1.807) is 44.4 Å². The number of rotatable bonds is 5. The predicted molar refractivity (Wildman–Crippen MR) is 130 cm³/mol. The van der Waals surface area contributed by atoms with Gasteiger partial charge in [0.2, 0.25) is 10.0 Å². The van der Waals surface area contributed by atoms with Gasteiger partial charge in [0.05, 0.1) is 41.3 Å². The van der Waals surface area contributed by atoms with Crippen LogP contribution in [0.2, 0.25) is 0 Å². The van der Waals surface area contributed by atoms with Crippen molar-refractivity contribution in [2.75, 3.05) is 13.7 Å². The molecule has 1 aromatic heterocycles. The van der Waals surface area contributed by atoms with Crippen LogP contribution >= 0.6 is 0 Å². The molecule has 2 aromatic carbocycles. The van der Waals surface area contributed by atoms with Gasteiger partial charge >= 0.3 is 5.97 Å². The number of esters is 1. The number of hydrogen-bond acceptors (Lipinski definition) is 6. The highest BCUT2D eigenvalue weighted by Crippen LogP contribution is 2.48. The van der Waals surface area contributed by atoms with Gasteiger partial charge in [0.25, 0.3) is 0 Å². The van der Waals surface area contributed by atoms with Crippen LogP contribution in [0.3, 0.4) is 0 Å². The molecule has 0 spiro atoms. The lowest BCUT2D eigenvalue weighted by atomic mass is 9.83. The monoisotopic (exact) mass is 494 g/mol. The molecule has 0 fully saturated rings. The maximum Gasteiger partial charge on any atom is 0.335 e. The first-order valence-electron chi connectivity index (χ1n) is 11.4. The van der Waals surface area contributed by atoms with Crippen molar-refractivity contribution in [1.82, 2.24) is 8.87 Å². The minimum Gasteiger partial charge on any atom is -0.497 e. The molecule has 5 rings (SSSR count). The van der Waals surface area contributed by atoms with Crippen LogP contribution in [0.1, 0.15) is 41.0 Å². The van der Waals surface area contributed by atoms with Gasteiger partial charge in [-0.3, -0.25) is 4.79 Å². The van der Waals surface area contributed by atoms with Crippen LogP contribution in [0, 0.1) is 6.92 Å². The number of Topliss-reactive ketones (excluding diaryl/α,β-unsaturated/α-hetero) is 1. The smallest absolute Gasteiger partial charge is 0.335 e. The number of carbonyl (C=O) groups is 2. The van der Waals surface area contributed by atoms with Crippen LogP contribution in [-0.4, -0.2) is 48.8 Å². The van der Waals surface area contributed by atoms with Crippen molar-refractivity contribution in [2.45, 2.75) is 37.2 Å². The number of fused-ring (bicyclic) bond motifs is 6. The van der Waals surface area contributed by atoms with E-state index in [0.717, 1.165) is 11.1 Å². The van der Waals surface area contributed by atoms with Crippen LogP contribution in [0.25, 0.3) is 10.9 Å². The molecular weight excluding hydrogens is 468 g/mol. The second kappa shape index (κ2) is 8.35. The lowest BCUT2D eigenvalue weighted by Crippen LogP contribution is -2.54. The Morgan fingerprint density at radius 2 is 1.86 bits per heavy atom. The highest BCUT2D eigenvalue weighted by molar-refractivity contribution is 7.89. The molecule has 35 heavy (non-hydrogen) atoms. The second-order valence-electron chi connectivity index (χ2n) is 8.75. The van der Waals surface area contributed by atoms with Gasteiger partial charge in [0.1, 0.15) is 11.8 Å². The normalized spacial score (nSPS) is 19.9. The van der Waals surface area contributed by atoms with Crippen molar-refractivity contribution in [3.63, 3.8) is 0 Å². The predicted octanol–water partition coefficient (Wildman–Crippen LogP) is 3.69. The molecule has 2 bridgehead atoms. The first kappa shape index (κ1) is 23.3. The van der Waals surface area contributed by atoms with Crippen molar-refractivity contribution >= 4 is 32.7 Å². The van der Waals surface area contributed by atoms with E-state index in [-0.39, 0.29) is 23.5 Å². The Labute approximate surface area is 203 Å². The number of benzene rings is 2. The van der Waals surface area contributed by atoms with Gasteiger partial charge in [-0.15, -0.1) is 0 Å². The fourth-order valence-corrected chi connectivity index (χ4v) is 6.89. The molecule has 182 valence electrons. The molecule has 0 amide bonds. The highest BCUT2D eigenvalue weighted by atomic mass is 32.2. The summed E-state index contributed by atoms with van der Waals surface area (Å²) in [6.07, 6.45) is 1.88. The Kier molecular flexibility index (Phi) is 5.56. The van der Waals surface area contributed by atoms with E-state index in [1.165, 1.54) is 16.4 Å². The van der Waals surface area contributed by atoms with Crippen molar-refractivity contribution in [3.8, 4) is 5.75 Å². The van der Waals surface area contributed by atoms with E-state index in [0.29, 0.717) is 22.4 Å². The largest absolute Gasteiger partial charge is 0.497 e. The molecular formula is C26H26N2O6S. The lowest BCUT2D eigenvalue weighted by molar-refractivity contribution is -0.139. The number of ketones is 1. The second-order valence-corrected chi connectivity index (χ2v) is 10.6. The van der Waals surface area contributed by atoms with Crippen LogP contribution < -0.4 is 4.74 Å². The quantitative estimate of drug-likeness (QED) is 0.502. The fourth-order valence-electron chi connectivity index (χ4n) is 5.16. The number of methoxy groups -OCH3 is 1. The van der Waals surface area contributed by atoms with Crippen LogP contribution in [0.5, 0.6) is 5.75 Å². The summed E-state index contributed by atoms with van der Waals surface area (Å²) in [6.45, 7) is 3.65. The van der Waals surface area contributed by atoms with E-state index in [1.807, 2.05) is 24.6 Å². The summed E-state index contributed by atoms with van der Waals surface area (Å²) >= 11 is 0. The summed E-state index contributed by atoms with van der Waals surface area (Å²) in [6, 6.07) is 9.90. The average molecular weight is 495 g/mol. The molecule has 2 aliphatic rings. The number of sulfonamides is 1. The topological polar surface area (TPSA) is 94.9 Å². The zero-order valence-corrected chi connectivity index (χ0v) is 20.8. The maximum atomic E-state index is 14.1. The number of aryl methyl sites for hydroxylation is 2. The summed E-state index contributed by atoms with van der Waals surface area (Å²) < 4.78 is 41.6. The van der Waals surface area contributed by atoms with Gasteiger partial charge in [-0.05, 0) is 44.5 Å². The Hall–Kier alpha value is -3.43. The number of carbonyl (C=O) groups excluding carboxylic acids is 2. The third-order valence-electron chi connectivity index (χ3n) is 6.79. The third-order valence-corrected chi connectivity index (χ3v) is 8.68. The van der Waals surface area contributed by atoms with Gasteiger partial charge in [-0.1, -0.05) is 23.8 Å². The molecule has 0 radical (unpaired) electrons. The van der Waals surface area contributed by atoms with Gasteiger partial charge in [0.15, 0.2) is 5.78 Å². The van der Waals surface area contributed by atoms with E-state index in [2.05, 4.69) is 0 Å². The van der Waals surface area contributed by atoms with E-state index < -0.39 is 33.9 Å². The molecule has 3 heterocycles. The number of ether oxygens (including phenoxy) is 2. The molecule has 0 N–H and O–H groups in total. The molecule has 2 atom stereocenters. The first-order valence-corrected chi connectivity index (χ1v) is 12.8. The van der Waals surface area contributed by atoms with Gasteiger partial charge < -0.3 is 14.0 Å². The first-order chi connectivity index (χ1) is 16.7. The summed E-state index contributed by atoms with van der Waals surface area (Å²) in [5, 5.41) is 0.695. The number of aromatic nitrogens is 1. The van der Waals surface area contributed by atoms with Crippen molar-refractivity contribution in [2.24, 2.45) is 7.05 Å². The fraction of sp³-hybridized carbons (Fsp3) is 0.308. The molecule has 9 heteroatoms. The highest BCUT2D eigenvalue weighted by Gasteiger charge is 2.53. The van der Waals surface area contributed by atoms with Crippen molar-refractivity contribution in [1.29, 1.82) is 0 Å². The molecule has 0 saturated carbocycles. The molecule has 0 saturated heterocycles. The van der Waals surface area contributed by atoms with Crippen LogP contribution in [0.15, 0.2) is 59.0 Å². The standard InChI is InChI=1S/C26H26N2O6S/c1-5-34-26(30)19-12-13-20-24-22(18-11-8-16(33-4)14-21(18)27(24)3)25(29)23(19)28(20)35(31,32)17-9-6-15(2)7-10-17/h6-12,14,20,23H,5,13H2,1-4H3. The minimum atomic E-state index is -4.14. The van der Waals surface area contributed by atoms with E-state index >= 15 is 0 Å². The average Bonchev–Trinajstić information content (AvgIpc) is 3.14. The van der Waals surface area contributed by atoms with Crippen molar-refractivity contribution < 1.29 is 27.5 Å². The van der Waals surface area contributed by atoms with Crippen molar-refractivity contribution in [3.05, 3.63) is 70.9 Å². The zero-order chi connectivity index (χ0) is 25.1. The maximum absolute atomic E-state index is 14.1. The minimum absolute atomic E-state index is 0.0555. The molecule has 3 aromatic rings. The Bertz CT molecular complexity index is 1500. The van der Waals surface area contributed by atoms with Gasteiger partial charge in [0, 0.05) is 24.2 Å². The Morgan fingerprint density at radius 3 is 2.51 bits per heavy atom. The summed E-state index contributed by atoms with van der Waals surface area (Å²) in [5.41, 5.74) is 2.76.